The van der Waals surface area contributed by atoms with E-state index in [4.69, 9.17) is 5.11 Å². The van der Waals surface area contributed by atoms with E-state index in [2.05, 4.69) is 24.2 Å². The minimum atomic E-state index is 0.0254. The predicted octanol–water partition coefficient (Wildman–Crippen LogP) is 3.50. The summed E-state index contributed by atoms with van der Waals surface area (Å²) in [4.78, 5) is 13.8. The monoisotopic (exact) mass is 326 g/mol. The maximum atomic E-state index is 11.6. The number of allylic oxidation sites excluding steroid dienone is 1. The van der Waals surface area contributed by atoms with Gasteiger partial charge in [-0.25, -0.2) is 0 Å². The lowest BCUT2D eigenvalue weighted by Gasteiger charge is -2.16. The van der Waals surface area contributed by atoms with E-state index in [-0.39, 0.29) is 5.91 Å². The topological polar surface area (TPSA) is 52.6 Å². The average molecular weight is 327 g/mol. The molecule has 0 aliphatic rings. The van der Waals surface area contributed by atoms with Gasteiger partial charge in [0.05, 0.1) is 0 Å². The largest absolute Gasteiger partial charge is 0.396 e. The highest BCUT2D eigenvalue weighted by Crippen LogP contribution is 2.07. The molecule has 0 bridgehead atoms. The van der Waals surface area contributed by atoms with E-state index in [9.17, 15) is 4.79 Å². The minimum absolute atomic E-state index is 0.0254. The van der Waals surface area contributed by atoms with Crippen molar-refractivity contribution in [1.29, 1.82) is 0 Å². The second-order valence-corrected chi connectivity index (χ2v) is 6.34. The smallest absolute Gasteiger partial charge is 0.243 e. The Hall–Kier alpha value is -0.870. The number of likely N-dealkylation sites (N-methyl/N-ethyl adjacent to an activating group) is 1. The second-order valence-electron chi connectivity index (χ2n) is 6.34. The fourth-order valence-corrected chi connectivity index (χ4v) is 2.43. The standard InChI is InChI=1S/C19H38N2O2/c1-3-4-5-11-14-19(23)20-15-17-21(2)16-12-9-7-6-8-10-13-18-22/h11,14,22H,3-10,12-13,15-18H2,1-2H3,(H,20,23)/b14-11+. The highest BCUT2D eigenvalue weighted by atomic mass is 16.2. The molecule has 4 nitrogen and oxygen atoms in total. The number of hydrogen-bond donors (Lipinski definition) is 2. The van der Waals surface area contributed by atoms with Gasteiger partial charge in [0.1, 0.15) is 0 Å². The zero-order valence-corrected chi connectivity index (χ0v) is 15.4. The van der Waals surface area contributed by atoms with Crippen LogP contribution in [-0.2, 0) is 4.79 Å². The maximum absolute atomic E-state index is 11.6. The predicted molar refractivity (Wildman–Crippen MR) is 98.6 cm³/mol. The summed E-state index contributed by atoms with van der Waals surface area (Å²) < 4.78 is 0. The van der Waals surface area contributed by atoms with Gasteiger partial charge in [-0.1, -0.05) is 57.9 Å². The van der Waals surface area contributed by atoms with E-state index in [0.29, 0.717) is 13.2 Å². The first kappa shape index (κ1) is 22.1. The first-order valence-electron chi connectivity index (χ1n) is 9.44. The number of carbonyl (C=O) groups excluding carboxylic acids is 1. The summed E-state index contributed by atoms with van der Waals surface area (Å²) in [5.41, 5.74) is 0. The van der Waals surface area contributed by atoms with Gasteiger partial charge in [-0.05, 0) is 38.9 Å². The van der Waals surface area contributed by atoms with E-state index in [1.54, 1.807) is 6.08 Å². The zero-order chi connectivity index (χ0) is 17.2. The number of nitrogens with one attached hydrogen (secondary N) is 1. The third kappa shape index (κ3) is 17.3. The summed E-state index contributed by atoms with van der Waals surface area (Å²) in [6.45, 7) is 5.20. The molecule has 0 aromatic carbocycles. The van der Waals surface area contributed by atoms with Crippen LogP contribution in [0.15, 0.2) is 12.2 Å². The number of carbonyl (C=O) groups is 1. The van der Waals surface area contributed by atoms with Gasteiger partial charge in [0.25, 0.3) is 0 Å². The van der Waals surface area contributed by atoms with Crippen LogP contribution in [0.1, 0.15) is 71.1 Å². The van der Waals surface area contributed by atoms with E-state index in [1.165, 1.54) is 38.5 Å². The molecule has 136 valence electrons. The van der Waals surface area contributed by atoms with Crippen LogP contribution in [0.25, 0.3) is 0 Å². The summed E-state index contributed by atoms with van der Waals surface area (Å²) in [5.74, 6) is 0.0254. The van der Waals surface area contributed by atoms with E-state index >= 15 is 0 Å². The highest BCUT2D eigenvalue weighted by molar-refractivity contribution is 5.87. The molecule has 0 radical (unpaired) electrons. The number of amides is 1. The average Bonchev–Trinajstić information content (AvgIpc) is 2.54. The zero-order valence-electron chi connectivity index (χ0n) is 15.4. The van der Waals surface area contributed by atoms with Gasteiger partial charge in [0.2, 0.25) is 5.91 Å². The molecular formula is C19H38N2O2. The van der Waals surface area contributed by atoms with Crippen molar-refractivity contribution in [3.05, 3.63) is 12.2 Å². The lowest BCUT2D eigenvalue weighted by molar-refractivity contribution is -0.116. The van der Waals surface area contributed by atoms with E-state index in [0.717, 1.165) is 38.8 Å². The third-order valence-corrected chi connectivity index (χ3v) is 3.98. The van der Waals surface area contributed by atoms with Crippen LogP contribution >= 0.6 is 0 Å². The molecule has 0 saturated carbocycles. The van der Waals surface area contributed by atoms with Crippen LogP contribution in [-0.4, -0.2) is 49.2 Å². The third-order valence-electron chi connectivity index (χ3n) is 3.98. The quantitative estimate of drug-likeness (QED) is 0.337. The normalized spacial score (nSPS) is 11.5. The van der Waals surface area contributed by atoms with Crippen molar-refractivity contribution in [2.75, 3.05) is 33.3 Å². The second kappa shape index (κ2) is 17.5. The van der Waals surface area contributed by atoms with Crippen LogP contribution in [0.5, 0.6) is 0 Å². The number of rotatable bonds is 16. The Morgan fingerprint density at radius 3 is 2.30 bits per heavy atom. The molecule has 0 aliphatic carbocycles. The molecule has 1 amide bonds. The maximum Gasteiger partial charge on any atom is 0.243 e. The minimum Gasteiger partial charge on any atom is -0.396 e. The number of hydrogen-bond acceptors (Lipinski definition) is 3. The number of nitrogens with zero attached hydrogens (tertiary/aromatic N) is 1. The molecule has 0 spiro atoms. The molecule has 0 atom stereocenters. The van der Waals surface area contributed by atoms with Crippen molar-refractivity contribution in [1.82, 2.24) is 10.2 Å². The molecule has 23 heavy (non-hydrogen) atoms. The lowest BCUT2D eigenvalue weighted by Crippen LogP contribution is -2.32. The summed E-state index contributed by atoms with van der Waals surface area (Å²) in [6, 6.07) is 0. The van der Waals surface area contributed by atoms with Crippen LogP contribution in [0.3, 0.4) is 0 Å². The van der Waals surface area contributed by atoms with E-state index < -0.39 is 0 Å². The first-order valence-corrected chi connectivity index (χ1v) is 9.44. The molecule has 0 aliphatic heterocycles. The van der Waals surface area contributed by atoms with Gasteiger partial charge in [-0.3, -0.25) is 4.79 Å². The Morgan fingerprint density at radius 1 is 1.00 bits per heavy atom. The van der Waals surface area contributed by atoms with Crippen LogP contribution < -0.4 is 5.32 Å². The van der Waals surface area contributed by atoms with Crippen molar-refractivity contribution in [2.24, 2.45) is 0 Å². The van der Waals surface area contributed by atoms with Gasteiger partial charge < -0.3 is 15.3 Å². The van der Waals surface area contributed by atoms with E-state index in [1.807, 2.05) is 6.08 Å². The molecular weight excluding hydrogens is 288 g/mol. The van der Waals surface area contributed by atoms with Crippen molar-refractivity contribution in [2.45, 2.75) is 71.1 Å². The van der Waals surface area contributed by atoms with Crippen molar-refractivity contribution in [3.8, 4) is 0 Å². The molecule has 0 aromatic rings. The lowest BCUT2D eigenvalue weighted by atomic mass is 10.1. The fraction of sp³-hybridized carbons (Fsp3) is 0.842. The number of aliphatic hydroxyl groups is 1. The molecule has 2 N–H and O–H groups in total. The Morgan fingerprint density at radius 2 is 1.65 bits per heavy atom. The van der Waals surface area contributed by atoms with Gasteiger partial charge in [-0.2, -0.15) is 0 Å². The summed E-state index contributed by atoms with van der Waals surface area (Å²) in [5, 5.41) is 11.6. The highest BCUT2D eigenvalue weighted by Gasteiger charge is 2.00. The van der Waals surface area contributed by atoms with Crippen molar-refractivity contribution in [3.63, 3.8) is 0 Å². The number of unbranched alkanes of at least 4 members (excludes halogenated alkanes) is 8. The first-order chi connectivity index (χ1) is 11.2. The summed E-state index contributed by atoms with van der Waals surface area (Å²) >= 11 is 0. The molecule has 4 heteroatoms. The van der Waals surface area contributed by atoms with Gasteiger partial charge >= 0.3 is 0 Å². The molecule has 0 heterocycles. The molecule has 0 fully saturated rings. The molecule has 0 rings (SSSR count). The molecule has 0 unspecified atom stereocenters. The van der Waals surface area contributed by atoms with Gasteiger partial charge in [-0.15, -0.1) is 0 Å². The Kier molecular flexibility index (Phi) is 16.8. The van der Waals surface area contributed by atoms with Crippen LogP contribution in [0, 0.1) is 0 Å². The summed E-state index contributed by atoms with van der Waals surface area (Å²) in [7, 11) is 2.12. The Bertz CT molecular complexity index is 293. The Balaban J connectivity index is 3.38. The SMILES string of the molecule is CCCC/C=C/C(=O)NCCN(C)CCCCCCCCCO. The fourth-order valence-electron chi connectivity index (χ4n) is 2.43. The molecule has 0 aromatic heterocycles. The van der Waals surface area contributed by atoms with Gasteiger partial charge in [0.15, 0.2) is 0 Å². The Labute approximate surface area is 143 Å². The summed E-state index contributed by atoms with van der Waals surface area (Å²) in [6.07, 6.45) is 15.3. The van der Waals surface area contributed by atoms with Crippen molar-refractivity contribution < 1.29 is 9.90 Å². The van der Waals surface area contributed by atoms with Crippen molar-refractivity contribution >= 4 is 5.91 Å². The van der Waals surface area contributed by atoms with Crippen LogP contribution in [0.4, 0.5) is 0 Å². The van der Waals surface area contributed by atoms with Gasteiger partial charge in [0, 0.05) is 19.7 Å². The number of aliphatic hydroxyl groups excluding tert-OH is 1. The van der Waals surface area contributed by atoms with Crippen LogP contribution in [0.2, 0.25) is 0 Å². The molecule has 0 saturated heterocycles.